The minimum atomic E-state index is 0.275. The van der Waals surface area contributed by atoms with E-state index in [-0.39, 0.29) is 5.75 Å². The van der Waals surface area contributed by atoms with Gasteiger partial charge in [-0.3, -0.25) is 0 Å². The first-order valence-electron chi connectivity index (χ1n) is 7.16. The average molecular weight is 265 g/mol. The van der Waals surface area contributed by atoms with Gasteiger partial charge in [-0.05, 0) is 61.9 Å². The lowest BCUT2D eigenvalue weighted by atomic mass is 10.0. The van der Waals surface area contributed by atoms with E-state index >= 15 is 0 Å². The highest BCUT2D eigenvalue weighted by molar-refractivity contribution is 5.87. The van der Waals surface area contributed by atoms with Gasteiger partial charge in [0.1, 0.15) is 5.75 Å². The van der Waals surface area contributed by atoms with E-state index in [4.69, 9.17) is 4.98 Å². The summed E-state index contributed by atoms with van der Waals surface area (Å²) in [6.07, 6.45) is 8.70. The Labute approximate surface area is 119 Å². The Kier molecular flexibility index (Phi) is 3.31. The molecule has 2 heteroatoms. The molecule has 0 bridgehead atoms. The van der Waals surface area contributed by atoms with Crippen molar-refractivity contribution in [3.63, 3.8) is 0 Å². The predicted molar refractivity (Wildman–Crippen MR) is 83.8 cm³/mol. The van der Waals surface area contributed by atoms with Crippen LogP contribution in [0.25, 0.3) is 16.5 Å². The standard InChI is InChI=1S/C18H19NO/c1-3-5-12(4-2)17-11-16(13-6-7-13)15-9-8-14(20)10-18(15)19-17/h3-5,8-11,13,20H,6-7H2,1-2H3/b5-3-,12-4+. The van der Waals surface area contributed by atoms with Crippen molar-refractivity contribution in [2.24, 2.45) is 0 Å². The lowest BCUT2D eigenvalue weighted by Crippen LogP contribution is -1.93. The molecule has 2 aromatic rings. The number of aromatic nitrogens is 1. The maximum Gasteiger partial charge on any atom is 0.117 e. The molecule has 20 heavy (non-hydrogen) atoms. The number of fused-ring (bicyclic) bond motifs is 1. The van der Waals surface area contributed by atoms with Crippen molar-refractivity contribution in [3.05, 3.63) is 53.8 Å². The quantitative estimate of drug-likeness (QED) is 0.809. The van der Waals surface area contributed by atoms with Gasteiger partial charge < -0.3 is 5.11 Å². The zero-order valence-corrected chi connectivity index (χ0v) is 11.9. The van der Waals surface area contributed by atoms with Gasteiger partial charge in [0.2, 0.25) is 0 Å². The SMILES string of the molecule is C/C=C\C(=C/C)c1cc(C2CC2)c2ccc(O)cc2n1. The summed E-state index contributed by atoms with van der Waals surface area (Å²) in [5.41, 5.74) is 4.37. The van der Waals surface area contributed by atoms with E-state index in [1.807, 2.05) is 26.0 Å². The average Bonchev–Trinajstić information content (AvgIpc) is 3.27. The number of phenolic OH excluding ortho intramolecular Hbond substituents is 1. The molecular formula is C18H19NO. The highest BCUT2D eigenvalue weighted by atomic mass is 16.3. The fourth-order valence-corrected chi connectivity index (χ4v) is 2.63. The van der Waals surface area contributed by atoms with Crippen LogP contribution in [-0.2, 0) is 0 Å². The number of aromatic hydroxyl groups is 1. The van der Waals surface area contributed by atoms with Gasteiger partial charge in [0, 0.05) is 11.5 Å². The second-order valence-corrected chi connectivity index (χ2v) is 5.32. The third-order valence-electron chi connectivity index (χ3n) is 3.80. The second kappa shape index (κ2) is 5.12. The number of hydrogen-bond acceptors (Lipinski definition) is 2. The van der Waals surface area contributed by atoms with Gasteiger partial charge in [0.05, 0.1) is 11.2 Å². The zero-order valence-electron chi connectivity index (χ0n) is 11.9. The number of benzene rings is 1. The first-order chi connectivity index (χ1) is 9.72. The van der Waals surface area contributed by atoms with E-state index in [1.165, 1.54) is 23.8 Å². The lowest BCUT2D eigenvalue weighted by molar-refractivity contribution is 0.476. The molecule has 0 amide bonds. The Bertz CT molecular complexity index is 709. The molecule has 0 radical (unpaired) electrons. The molecule has 0 saturated heterocycles. The summed E-state index contributed by atoms with van der Waals surface area (Å²) in [4.78, 5) is 4.72. The Balaban J connectivity index is 2.23. The molecule has 1 aliphatic carbocycles. The van der Waals surface area contributed by atoms with Gasteiger partial charge in [-0.15, -0.1) is 0 Å². The Morgan fingerprint density at radius 3 is 2.70 bits per heavy atom. The highest BCUT2D eigenvalue weighted by Gasteiger charge is 2.26. The van der Waals surface area contributed by atoms with Crippen LogP contribution in [0.5, 0.6) is 5.75 Å². The second-order valence-electron chi connectivity index (χ2n) is 5.32. The van der Waals surface area contributed by atoms with Crippen molar-refractivity contribution in [2.45, 2.75) is 32.6 Å². The van der Waals surface area contributed by atoms with Crippen LogP contribution < -0.4 is 0 Å². The van der Waals surface area contributed by atoms with Crippen LogP contribution in [0.4, 0.5) is 0 Å². The number of nitrogens with zero attached hydrogens (tertiary/aromatic N) is 1. The van der Waals surface area contributed by atoms with Gasteiger partial charge in [-0.2, -0.15) is 0 Å². The summed E-state index contributed by atoms with van der Waals surface area (Å²) in [5.74, 6) is 0.935. The first-order valence-corrected chi connectivity index (χ1v) is 7.16. The predicted octanol–water partition coefficient (Wildman–Crippen LogP) is 4.80. The molecule has 2 nitrogen and oxygen atoms in total. The zero-order chi connectivity index (χ0) is 14.1. The van der Waals surface area contributed by atoms with Crippen LogP contribution in [0.15, 0.2) is 42.5 Å². The van der Waals surface area contributed by atoms with E-state index in [0.717, 1.165) is 16.8 Å². The first kappa shape index (κ1) is 12.9. The number of pyridine rings is 1. The monoisotopic (exact) mass is 265 g/mol. The summed E-state index contributed by atoms with van der Waals surface area (Å²) < 4.78 is 0. The minimum Gasteiger partial charge on any atom is -0.508 e. The fourth-order valence-electron chi connectivity index (χ4n) is 2.63. The molecule has 1 saturated carbocycles. The molecule has 0 spiro atoms. The van der Waals surface area contributed by atoms with Crippen molar-refractivity contribution < 1.29 is 5.11 Å². The van der Waals surface area contributed by atoms with E-state index in [0.29, 0.717) is 5.92 Å². The fraction of sp³-hybridized carbons (Fsp3) is 0.278. The van der Waals surface area contributed by atoms with Crippen molar-refractivity contribution in [3.8, 4) is 5.75 Å². The smallest absolute Gasteiger partial charge is 0.117 e. The molecule has 1 aromatic heterocycles. The van der Waals surface area contributed by atoms with E-state index in [9.17, 15) is 5.11 Å². The van der Waals surface area contributed by atoms with Crippen molar-refractivity contribution in [1.29, 1.82) is 0 Å². The van der Waals surface area contributed by atoms with Gasteiger partial charge in [0.25, 0.3) is 0 Å². The van der Waals surface area contributed by atoms with Gasteiger partial charge in [0.15, 0.2) is 0 Å². The topological polar surface area (TPSA) is 33.1 Å². The van der Waals surface area contributed by atoms with Crippen LogP contribution in [0.1, 0.15) is 43.9 Å². The molecule has 0 atom stereocenters. The van der Waals surface area contributed by atoms with Crippen molar-refractivity contribution in [2.75, 3.05) is 0 Å². The molecule has 102 valence electrons. The summed E-state index contributed by atoms with van der Waals surface area (Å²) in [6, 6.07) is 7.71. The normalized spacial score (nSPS) is 16.2. The molecule has 1 aromatic carbocycles. The Morgan fingerprint density at radius 1 is 1.25 bits per heavy atom. The number of allylic oxidation sites excluding steroid dienone is 4. The third kappa shape index (κ3) is 2.34. The Hall–Kier alpha value is -2.09. The van der Waals surface area contributed by atoms with E-state index in [2.05, 4.69) is 18.2 Å². The molecule has 1 N–H and O–H groups in total. The van der Waals surface area contributed by atoms with Crippen molar-refractivity contribution >= 4 is 16.5 Å². The maximum absolute atomic E-state index is 9.70. The van der Waals surface area contributed by atoms with Crippen LogP contribution in [0.2, 0.25) is 0 Å². The molecule has 0 unspecified atom stereocenters. The largest absolute Gasteiger partial charge is 0.508 e. The van der Waals surface area contributed by atoms with Gasteiger partial charge >= 0.3 is 0 Å². The van der Waals surface area contributed by atoms with E-state index < -0.39 is 0 Å². The molecule has 3 rings (SSSR count). The maximum atomic E-state index is 9.70. The lowest BCUT2D eigenvalue weighted by Gasteiger charge is -2.10. The summed E-state index contributed by atoms with van der Waals surface area (Å²) in [5, 5.41) is 10.9. The summed E-state index contributed by atoms with van der Waals surface area (Å²) in [7, 11) is 0. The van der Waals surface area contributed by atoms with Crippen LogP contribution in [-0.4, -0.2) is 10.1 Å². The number of rotatable bonds is 3. The summed E-state index contributed by atoms with van der Waals surface area (Å²) in [6.45, 7) is 4.04. The van der Waals surface area contributed by atoms with Gasteiger partial charge in [-0.1, -0.05) is 18.2 Å². The van der Waals surface area contributed by atoms with Crippen LogP contribution in [0, 0.1) is 0 Å². The van der Waals surface area contributed by atoms with Crippen molar-refractivity contribution in [1.82, 2.24) is 4.98 Å². The molecule has 1 fully saturated rings. The van der Waals surface area contributed by atoms with Gasteiger partial charge in [-0.25, -0.2) is 4.98 Å². The number of hydrogen-bond donors (Lipinski definition) is 1. The number of phenols is 1. The Morgan fingerprint density at radius 2 is 2.05 bits per heavy atom. The third-order valence-corrected chi connectivity index (χ3v) is 3.80. The molecule has 0 aliphatic heterocycles. The molecular weight excluding hydrogens is 246 g/mol. The van der Waals surface area contributed by atoms with E-state index in [1.54, 1.807) is 12.1 Å². The molecule has 1 heterocycles. The summed E-state index contributed by atoms with van der Waals surface area (Å²) >= 11 is 0. The molecule has 1 aliphatic rings. The minimum absolute atomic E-state index is 0.275. The van der Waals surface area contributed by atoms with Crippen LogP contribution in [0.3, 0.4) is 0 Å². The van der Waals surface area contributed by atoms with Crippen LogP contribution >= 0.6 is 0 Å². The highest BCUT2D eigenvalue weighted by Crippen LogP contribution is 2.44.